The molecule has 4 heterocycles. The van der Waals surface area contributed by atoms with Gasteiger partial charge in [-0.1, -0.05) is 217 Å². The van der Waals surface area contributed by atoms with Crippen molar-refractivity contribution in [2.24, 2.45) is 0 Å². The van der Waals surface area contributed by atoms with Gasteiger partial charge in [0, 0.05) is 66.0 Å². The zero-order valence-electron chi connectivity index (χ0n) is 50.2. The Morgan fingerprint density at radius 1 is 0.400 bits per heavy atom. The van der Waals surface area contributed by atoms with Crippen LogP contribution in [0.4, 0.5) is 34.1 Å². The Kier molecular flexibility index (Phi) is 9.66. The molecular weight excluding hydrogens is 995 g/mol. The van der Waals surface area contributed by atoms with Gasteiger partial charge in [0.2, 0.25) is 0 Å². The third-order valence-corrected chi connectivity index (χ3v) is 16.7. The maximum Gasteiger partial charge on any atom is 0.252 e. The summed E-state index contributed by atoms with van der Waals surface area (Å²) in [6, 6.07) is 68.5. The molecule has 0 amide bonds. The van der Waals surface area contributed by atoms with E-state index < -0.39 is 18.1 Å². The quantitative estimate of drug-likeness (QED) is 0.155. The fraction of sp³-hybridized carbons (Fsp3) is 0.108. The van der Waals surface area contributed by atoms with E-state index in [-0.39, 0.29) is 35.2 Å². The molecule has 0 saturated heterocycles. The van der Waals surface area contributed by atoms with Crippen molar-refractivity contribution in [3.8, 4) is 44.5 Å². The van der Waals surface area contributed by atoms with Crippen molar-refractivity contribution in [3.05, 3.63) is 247 Å². The highest BCUT2D eigenvalue weighted by Gasteiger charge is 2.46. The first kappa shape index (κ1) is 42.9. The number of halogens is 1. The summed E-state index contributed by atoms with van der Waals surface area (Å²) in [5, 5.41) is 4.54. The van der Waals surface area contributed by atoms with E-state index in [0.29, 0.717) is 16.2 Å². The number of benzene rings is 11. The summed E-state index contributed by atoms with van der Waals surface area (Å²) in [5.74, 6) is 0. The van der Waals surface area contributed by atoms with Crippen molar-refractivity contribution in [1.82, 2.24) is 0 Å². The molecule has 0 bridgehead atoms. The highest BCUT2D eigenvalue weighted by molar-refractivity contribution is 7.00. The van der Waals surface area contributed by atoms with Crippen LogP contribution in [0.1, 0.15) is 59.5 Å². The molecule has 2 aliphatic rings. The second-order valence-corrected chi connectivity index (χ2v) is 23.8. The molecule has 4 nitrogen and oxygen atoms in total. The van der Waals surface area contributed by atoms with Gasteiger partial charge < -0.3 is 18.6 Å². The zero-order valence-corrected chi connectivity index (χ0v) is 46.0. The van der Waals surface area contributed by atoms with Crippen LogP contribution >= 0.6 is 11.6 Å². The molecule has 0 spiro atoms. The number of hydrogen-bond donors (Lipinski definition) is 0. The predicted octanol–water partition coefficient (Wildman–Crippen LogP) is 19.5. The Morgan fingerprint density at radius 3 is 1.68 bits per heavy atom. The molecule has 11 aromatic carbocycles. The molecule has 384 valence electrons. The van der Waals surface area contributed by atoms with Gasteiger partial charge in [-0.15, -0.1) is 0 Å². The van der Waals surface area contributed by atoms with Crippen molar-refractivity contribution in [1.29, 1.82) is 0 Å². The summed E-state index contributed by atoms with van der Waals surface area (Å²) < 4.78 is 58.5. The van der Waals surface area contributed by atoms with Crippen LogP contribution in [0, 0.1) is 0 Å². The number of hydrogen-bond acceptors (Lipinski definition) is 4. The summed E-state index contributed by atoms with van der Waals surface area (Å²) in [4.78, 5) is 4.78. The van der Waals surface area contributed by atoms with Crippen molar-refractivity contribution < 1.29 is 15.7 Å². The van der Waals surface area contributed by atoms with Crippen LogP contribution in [0.3, 0.4) is 0 Å². The normalized spacial score (nSPS) is 14.0. The van der Waals surface area contributed by atoms with E-state index in [1.807, 2.05) is 42.5 Å². The highest BCUT2D eigenvalue weighted by atomic mass is 35.5. The van der Waals surface area contributed by atoms with E-state index in [0.717, 1.165) is 128 Å². The molecule has 0 fully saturated rings. The SMILES string of the molecule is [2H]c1c([2H])c([2H])c(-c2ccc3c(c2)N(c2cccc4c2oc2c(-c5ccc6oc7ccccc7c6c5)cccc24)c2cc(C(C)(C)C)cc4c2B3c2ccc(Cl)cc2N4c2c(-c3ccccc3)cc(C(C)(C)C)cc2-c2ccccc2)c([2H])c1[2H]. The van der Waals surface area contributed by atoms with Crippen LogP contribution in [0.15, 0.2) is 239 Å². The van der Waals surface area contributed by atoms with Crippen LogP contribution in [0.5, 0.6) is 0 Å². The van der Waals surface area contributed by atoms with Crippen molar-refractivity contribution in [2.75, 3.05) is 9.80 Å². The topological polar surface area (TPSA) is 32.8 Å². The van der Waals surface area contributed by atoms with Gasteiger partial charge in [0.25, 0.3) is 6.71 Å². The zero-order chi connectivity index (χ0) is 58.5. The van der Waals surface area contributed by atoms with Gasteiger partial charge in [-0.3, -0.25) is 0 Å². The Labute approximate surface area is 479 Å². The van der Waals surface area contributed by atoms with Crippen molar-refractivity contribution in [2.45, 2.75) is 52.4 Å². The van der Waals surface area contributed by atoms with Gasteiger partial charge in [-0.05, 0) is 133 Å². The number of anilines is 6. The van der Waals surface area contributed by atoms with E-state index in [1.54, 1.807) is 0 Å². The van der Waals surface area contributed by atoms with Crippen LogP contribution in [-0.4, -0.2) is 6.71 Å². The minimum absolute atomic E-state index is 0.125. The maximum absolute atomic E-state index is 9.29. The van der Waals surface area contributed by atoms with Crippen LogP contribution < -0.4 is 26.2 Å². The van der Waals surface area contributed by atoms with Gasteiger partial charge in [0.1, 0.15) is 16.7 Å². The second-order valence-electron chi connectivity index (χ2n) is 23.4. The molecule has 0 saturated carbocycles. The smallest absolute Gasteiger partial charge is 0.252 e. The molecule has 2 aliphatic heterocycles. The Morgan fingerprint density at radius 2 is 0.975 bits per heavy atom. The Bertz CT molecular complexity index is 4880. The summed E-state index contributed by atoms with van der Waals surface area (Å²) >= 11 is 7.31. The summed E-state index contributed by atoms with van der Waals surface area (Å²) in [6.07, 6.45) is 0. The van der Waals surface area contributed by atoms with Crippen molar-refractivity contribution >= 4 is 113 Å². The largest absolute Gasteiger partial charge is 0.456 e. The summed E-state index contributed by atoms with van der Waals surface area (Å²) in [5.41, 5.74) is 20.1. The molecule has 0 unspecified atom stereocenters. The van der Waals surface area contributed by atoms with E-state index >= 15 is 0 Å². The van der Waals surface area contributed by atoms with E-state index in [4.69, 9.17) is 24.5 Å². The monoisotopic (exact) mass is 1060 g/mol. The molecule has 0 N–H and O–H groups in total. The lowest BCUT2D eigenvalue weighted by Crippen LogP contribution is -2.61. The summed E-state index contributed by atoms with van der Waals surface area (Å²) in [7, 11) is 0. The first-order chi connectivity index (χ1) is 40.9. The van der Waals surface area contributed by atoms with Crippen molar-refractivity contribution in [3.63, 3.8) is 0 Å². The number of rotatable bonds is 6. The minimum atomic E-state index is -0.440. The lowest BCUT2D eigenvalue weighted by Gasteiger charge is -2.46. The number of para-hydroxylation sites is 3. The van der Waals surface area contributed by atoms with Gasteiger partial charge in [-0.25, -0.2) is 0 Å². The second kappa shape index (κ2) is 18.0. The van der Waals surface area contributed by atoms with Gasteiger partial charge in [0.15, 0.2) is 5.58 Å². The van der Waals surface area contributed by atoms with Gasteiger partial charge >= 0.3 is 0 Å². The lowest BCUT2D eigenvalue weighted by molar-refractivity contribution is 0.590. The lowest BCUT2D eigenvalue weighted by atomic mass is 9.33. The molecule has 15 rings (SSSR count). The van der Waals surface area contributed by atoms with Gasteiger partial charge in [0.05, 0.1) is 18.2 Å². The van der Waals surface area contributed by atoms with Crippen LogP contribution in [0.25, 0.3) is 88.4 Å². The minimum Gasteiger partial charge on any atom is -0.456 e. The average molecular weight is 1060 g/mol. The van der Waals surface area contributed by atoms with Gasteiger partial charge in [-0.2, -0.15) is 0 Å². The molecule has 80 heavy (non-hydrogen) atoms. The molecule has 0 aliphatic carbocycles. The highest BCUT2D eigenvalue weighted by Crippen LogP contribution is 2.54. The summed E-state index contributed by atoms with van der Waals surface area (Å²) in [6.45, 7) is 13.2. The molecule has 0 radical (unpaired) electrons. The predicted molar refractivity (Wildman–Crippen MR) is 339 cm³/mol. The Hall–Kier alpha value is -9.03. The van der Waals surface area contributed by atoms with E-state index in [9.17, 15) is 2.74 Å². The standard InChI is InChI=1S/C74H56BClN2O2/c1-73(2,3)50-40-57(46-22-12-8-13-23-46)70(58(41-50)47-24-14-9-15-25-47)78-64-44-52(76)34-36-61(64)75-60-35-32-48(45-20-10-7-11-21-45)39-63(60)77(65-42-51(74(4,5)6)43-66(78)69(65)75)62-30-19-29-56-55-28-18-27-53(71(55)80-72(56)62)49-33-37-68-59(38-49)54-26-16-17-31-67(54)79-68/h7-44H,1-6H3/i7D,10D,11D,20D,21D. The molecule has 0 atom stereocenters. The van der Waals surface area contributed by atoms with Crippen LogP contribution in [-0.2, 0) is 10.8 Å². The first-order valence-corrected chi connectivity index (χ1v) is 27.8. The molecule has 2 aromatic heterocycles. The fourth-order valence-electron chi connectivity index (χ4n) is 12.5. The van der Waals surface area contributed by atoms with Crippen LogP contribution in [0.2, 0.25) is 5.02 Å². The van der Waals surface area contributed by atoms with E-state index in [1.165, 1.54) is 5.56 Å². The number of fused-ring (bicyclic) bond motifs is 10. The third-order valence-electron chi connectivity index (χ3n) is 16.5. The molecule has 13 aromatic rings. The number of nitrogens with zero attached hydrogens (tertiary/aromatic N) is 2. The molecular formula is C74H56BClN2O2. The third kappa shape index (κ3) is 7.59. The number of furan rings is 2. The Balaban J connectivity index is 1.06. The molecule has 6 heteroatoms. The average Bonchev–Trinajstić information content (AvgIpc) is 0.969. The fourth-order valence-corrected chi connectivity index (χ4v) is 12.7. The first-order valence-electron chi connectivity index (χ1n) is 29.9. The maximum atomic E-state index is 9.29. The van der Waals surface area contributed by atoms with E-state index in [2.05, 4.69) is 209 Å².